The summed E-state index contributed by atoms with van der Waals surface area (Å²) in [6, 6.07) is 4.81. The van der Waals surface area contributed by atoms with Crippen molar-refractivity contribution in [1.82, 2.24) is 4.98 Å². The van der Waals surface area contributed by atoms with E-state index in [4.69, 9.17) is 22.1 Å². The van der Waals surface area contributed by atoms with Crippen LogP contribution in [0.3, 0.4) is 0 Å². The average Bonchev–Trinajstić information content (AvgIpc) is 2.57. The number of nitrogens with one attached hydrogen (secondary N) is 1. The summed E-state index contributed by atoms with van der Waals surface area (Å²) in [6.45, 7) is 2.58. The van der Waals surface area contributed by atoms with Gasteiger partial charge in [0.25, 0.3) is 0 Å². The first-order chi connectivity index (χ1) is 11.9. The topological polar surface area (TPSA) is 63.4 Å². The Balaban J connectivity index is 2.44. The van der Waals surface area contributed by atoms with E-state index in [0.29, 0.717) is 39.9 Å². The first kappa shape index (κ1) is 19.3. The number of anilines is 3. The molecule has 2 aromatic rings. The Labute approximate surface area is 152 Å². The maximum atomic E-state index is 14.4. The largest absolute Gasteiger partial charge is 0.395 e. The minimum absolute atomic E-state index is 0.0818. The summed E-state index contributed by atoms with van der Waals surface area (Å²) in [4.78, 5) is 5.97. The lowest BCUT2D eigenvalue weighted by molar-refractivity contribution is 0.184. The molecule has 0 aliphatic carbocycles. The molecule has 5 nitrogen and oxygen atoms in total. The molecule has 136 valence electrons. The fourth-order valence-corrected chi connectivity index (χ4v) is 2.82. The molecule has 0 radical (unpaired) electrons. The summed E-state index contributed by atoms with van der Waals surface area (Å²) in [5, 5.41) is 3.69. The number of pyridine rings is 1. The molecule has 1 aromatic carbocycles. The van der Waals surface area contributed by atoms with Crippen molar-refractivity contribution in [3.8, 4) is 11.1 Å². The molecule has 0 bridgehead atoms. The van der Waals surface area contributed by atoms with Crippen LogP contribution < -0.4 is 16.0 Å². The molecule has 1 unspecified atom stereocenters. The second kappa shape index (κ2) is 8.36. The Morgan fingerprint density at radius 3 is 2.68 bits per heavy atom. The van der Waals surface area contributed by atoms with Crippen molar-refractivity contribution < 1.29 is 9.13 Å². The van der Waals surface area contributed by atoms with Crippen molar-refractivity contribution in [2.75, 3.05) is 43.8 Å². The van der Waals surface area contributed by atoms with E-state index < -0.39 is 0 Å². The van der Waals surface area contributed by atoms with E-state index in [2.05, 4.69) is 10.3 Å². The number of hydrogen-bond acceptors (Lipinski definition) is 5. The van der Waals surface area contributed by atoms with Gasteiger partial charge in [0.2, 0.25) is 0 Å². The van der Waals surface area contributed by atoms with Gasteiger partial charge in [-0.05, 0) is 24.6 Å². The average molecular weight is 367 g/mol. The molecule has 0 saturated carbocycles. The number of hydrogen-bond donors (Lipinski definition) is 2. The normalized spacial score (nSPS) is 12.1. The zero-order valence-corrected chi connectivity index (χ0v) is 15.7. The van der Waals surface area contributed by atoms with Crippen molar-refractivity contribution in [2.24, 2.45) is 0 Å². The molecule has 0 amide bonds. The van der Waals surface area contributed by atoms with E-state index in [-0.39, 0.29) is 11.9 Å². The highest BCUT2D eigenvalue weighted by Gasteiger charge is 2.17. The second-order valence-electron chi connectivity index (χ2n) is 6.00. The maximum Gasteiger partial charge on any atom is 0.150 e. The zero-order valence-electron chi connectivity index (χ0n) is 14.9. The minimum Gasteiger partial charge on any atom is -0.395 e. The quantitative estimate of drug-likeness (QED) is 0.774. The third-order valence-corrected chi connectivity index (χ3v) is 4.31. The summed E-state index contributed by atoms with van der Waals surface area (Å²) >= 11 is 6.38. The first-order valence-electron chi connectivity index (χ1n) is 8.05. The van der Waals surface area contributed by atoms with Crippen molar-refractivity contribution in [1.29, 1.82) is 0 Å². The van der Waals surface area contributed by atoms with Gasteiger partial charge >= 0.3 is 0 Å². The van der Waals surface area contributed by atoms with E-state index in [1.54, 1.807) is 44.4 Å². The van der Waals surface area contributed by atoms with Crippen LogP contribution in [-0.2, 0) is 4.74 Å². The summed E-state index contributed by atoms with van der Waals surface area (Å²) in [5.41, 5.74) is 8.30. The molecule has 25 heavy (non-hydrogen) atoms. The van der Waals surface area contributed by atoms with Gasteiger partial charge in [-0.1, -0.05) is 18.5 Å². The Morgan fingerprint density at radius 1 is 1.36 bits per heavy atom. The van der Waals surface area contributed by atoms with Crippen molar-refractivity contribution in [3.05, 3.63) is 35.2 Å². The van der Waals surface area contributed by atoms with Gasteiger partial charge in [0, 0.05) is 38.5 Å². The highest BCUT2D eigenvalue weighted by molar-refractivity contribution is 6.33. The summed E-state index contributed by atoms with van der Waals surface area (Å²) in [7, 11) is 5.17. The van der Waals surface area contributed by atoms with E-state index in [1.807, 2.05) is 6.92 Å². The molecule has 0 aliphatic heterocycles. The van der Waals surface area contributed by atoms with E-state index in [0.717, 1.165) is 6.42 Å². The van der Waals surface area contributed by atoms with Gasteiger partial charge in [-0.25, -0.2) is 9.37 Å². The van der Waals surface area contributed by atoms with E-state index in [1.165, 1.54) is 6.07 Å². The number of nitrogens with zero attached hydrogens (tertiary/aromatic N) is 2. The van der Waals surface area contributed by atoms with Crippen LogP contribution in [0.25, 0.3) is 11.1 Å². The molecule has 0 fully saturated rings. The third-order valence-electron chi connectivity index (χ3n) is 4.00. The fraction of sp³-hybridized carbons (Fsp3) is 0.389. The van der Waals surface area contributed by atoms with Crippen molar-refractivity contribution >= 4 is 28.8 Å². The molecule has 0 saturated heterocycles. The molecule has 1 atom stereocenters. The van der Waals surface area contributed by atoms with Gasteiger partial charge in [-0.3, -0.25) is 0 Å². The Morgan fingerprint density at radius 2 is 2.08 bits per heavy atom. The molecule has 2 rings (SSSR count). The summed E-state index contributed by atoms with van der Waals surface area (Å²) in [6.07, 6.45) is 2.48. The Hall–Kier alpha value is -2.05. The monoisotopic (exact) mass is 366 g/mol. The lowest BCUT2D eigenvalue weighted by Gasteiger charge is -2.20. The molecular weight excluding hydrogens is 343 g/mol. The summed E-state index contributed by atoms with van der Waals surface area (Å²) < 4.78 is 19.6. The SMILES string of the molecule is CCC(COC)Nc1nccc(-c2cc(F)c(N(C)C)cc2Cl)c1N. The van der Waals surface area contributed by atoms with Crippen LogP contribution in [-0.4, -0.2) is 38.8 Å². The second-order valence-corrected chi connectivity index (χ2v) is 6.41. The lowest BCUT2D eigenvalue weighted by Crippen LogP contribution is -2.25. The third kappa shape index (κ3) is 4.32. The number of aromatic nitrogens is 1. The number of nitrogen functional groups attached to an aromatic ring is 1. The van der Waals surface area contributed by atoms with Crippen LogP contribution in [0.4, 0.5) is 21.6 Å². The smallest absolute Gasteiger partial charge is 0.150 e. The zero-order chi connectivity index (χ0) is 18.6. The number of benzene rings is 1. The van der Waals surface area contributed by atoms with Gasteiger partial charge in [0.15, 0.2) is 0 Å². The van der Waals surface area contributed by atoms with Gasteiger partial charge in [-0.2, -0.15) is 0 Å². The number of rotatable bonds is 7. The van der Waals surface area contributed by atoms with Crippen LogP contribution in [0.2, 0.25) is 5.02 Å². The molecule has 3 N–H and O–H groups in total. The van der Waals surface area contributed by atoms with Crippen LogP contribution in [0.5, 0.6) is 0 Å². The van der Waals surface area contributed by atoms with E-state index in [9.17, 15) is 4.39 Å². The standard InChI is InChI=1S/C18H24ClFN4O/c1-5-11(10-25-4)23-18-17(21)12(6-7-22-18)13-8-15(20)16(24(2)3)9-14(13)19/h6-9,11H,5,10,21H2,1-4H3,(H,22,23). The fourth-order valence-electron chi connectivity index (χ4n) is 2.56. The van der Waals surface area contributed by atoms with Crippen LogP contribution >= 0.6 is 11.6 Å². The van der Waals surface area contributed by atoms with Gasteiger partial charge in [0.1, 0.15) is 11.6 Å². The molecule has 1 heterocycles. The van der Waals surface area contributed by atoms with Crippen LogP contribution in [0.1, 0.15) is 13.3 Å². The Kier molecular flexibility index (Phi) is 6.45. The van der Waals surface area contributed by atoms with Crippen LogP contribution in [0, 0.1) is 5.82 Å². The molecular formula is C18H24ClFN4O. The van der Waals surface area contributed by atoms with Gasteiger partial charge in [0.05, 0.1) is 29.0 Å². The highest BCUT2D eigenvalue weighted by Crippen LogP contribution is 2.38. The predicted octanol–water partition coefficient (Wildman–Crippen LogP) is 4.03. The van der Waals surface area contributed by atoms with Crippen molar-refractivity contribution in [2.45, 2.75) is 19.4 Å². The Bertz CT molecular complexity index is 739. The first-order valence-corrected chi connectivity index (χ1v) is 8.43. The highest BCUT2D eigenvalue weighted by atomic mass is 35.5. The molecule has 0 aliphatic rings. The number of nitrogens with two attached hydrogens (primary N) is 1. The number of halogens is 2. The molecule has 1 aromatic heterocycles. The number of ether oxygens (including phenoxy) is 1. The number of methoxy groups -OCH3 is 1. The minimum atomic E-state index is -0.360. The van der Waals surface area contributed by atoms with Gasteiger partial charge in [-0.15, -0.1) is 0 Å². The van der Waals surface area contributed by atoms with Crippen molar-refractivity contribution in [3.63, 3.8) is 0 Å². The predicted molar refractivity (Wildman–Crippen MR) is 103 cm³/mol. The molecule has 7 heteroatoms. The molecule has 0 spiro atoms. The maximum absolute atomic E-state index is 14.4. The lowest BCUT2D eigenvalue weighted by atomic mass is 10.0. The van der Waals surface area contributed by atoms with Gasteiger partial charge < -0.3 is 20.7 Å². The van der Waals surface area contributed by atoms with E-state index >= 15 is 0 Å². The van der Waals surface area contributed by atoms with Crippen LogP contribution in [0.15, 0.2) is 24.4 Å². The summed E-state index contributed by atoms with van der Waals surface area (Å²) in [5.74, 6) is 0.176.